The Labute approximate surface area is 95.2 Å². The van der Waals surface area contributed by atoms with Gasteiger partial charge in [0, 0.05) is 7.05 Å². The van der Waals surface area contributed by atoms with Crippen LogP contribution in [-0.4, -0.2) is 29.8 Å². The van der Waals surface area contributed by atoms with E-state index < -0.39 is 23.3 Å². The van der Waals surface area contributed by atoms with E-state index in [0.29, 0.717) is 6.42 Å². The Morgan fingerprint density at radius 2 is 1.88 bits per heavy atom. The highest BCUT2D eigenvalue weighted by molar-refractivity contribution is 6.19. The Bertz CT molecular complexity index is 340. The molecule has 0 aromatic rings. The Balaban J connectivity index is 3.21. The predicted octanol–water partition coefficient (Wildman–Crippen LogP) is 1.14. The van der Waals surface area contributed by atoms with Gasteiger partial charge in [0.1, 0.15) is 5.41 Å². The van der Waals surface area contributed by atoms with Crippen molar-refractivity contribution in [2.24, 2.45) is 11.3 Å². The van der Waals surface area contributed by atoms with Crippen LogP contribution in [0.5, 0.6) is 0 Å². The highest BCUT2D eigenvalue weighted by Crippen LogP contribution is 2.37. The number of rotatable bonds is 3. The lowest BCUT2D eigenvalue weighted by atomic mass is 9.70. The van der Waals surface area contributed by atoms with Crippen molar-refractivity contribution in [3.63, 3.8) is 0 Å². The van der Waals surface area contributed by atoms with Gasteiger partial charge in [0.05, 0.1) is 0 Å². The lowest BCUT2D eigenvalue weighted by Crippen LogP contribution is -2.64. The molecule has 16 heavy (non-hydrogen) atoms. The number of amides is 4. The van der Waals surface area contributed by atoms with Gasteiger partial charge in [-0.2, -0.15) is 0 Å². The fourth-order valence-corrected chi connectivity index (χ4v) is 2.22. The summed E-state index contributed by atoms with van der Waals surface area (Å²) in [7, 11) is 1.40. The van der Waals surface area contributed by atoms with E-state index in [4.69, 9.17) is 0 Å². The van der Waals surface area contributed by atoms with Crippen LogP contribution in [0, 0.1) is 11.3 Å². The van der Waals surface area contributed by atoms with Gasteiger partial charge in [0.15, 0.2) is 0 Å². The van der Waals surface area contributed by atoms with E-state index in [2.05, 4.69) is 5.32 Å². The summed E-state index contributed by atoms with van der Waals surface area (Å²) in [5, 5.41) is 2.24. The molecule has 1 N–H and O–H groups in total. The lowest BCUT2D eigenvalue weighted by molar-refractivity contribution is -0.154. The number of barbiturate groups is 1. The summed E-state index contributed by atoms with van der Waals surface area (Å²) >= 11 is 0. The Hall–Kier alpha value is -1.39. The number of urea groups is 1. The van der Waals surface area contributed by atoms with Crippen LogP contribution >= 0.6 is 0 Å². The minimum Gasteiger partial charge on any atom is -0.277 e. The fraction of sp³-hybridized carbons (Fsp3) is 0.727. The summed E-state index contributed by atoms with van der Waals surface area (Å²) in [5.41, 5.74) is -1.09. The second-order valence-corrected chi connectivity index (χ2v) is 4.26. The van der Waals surface area contributed by atoms with Gasteiger partial charge >= 0.3 is 6.03 Å². The molecule has 5 nitrogen and oxygen atoms in total. The van der Waals surface area contributed by atoms with E-state index in [9.17, 15) is 14.4 Å². The molecule has 1 heterocycles. The summed E-state index contributed by atoms with van der Waals surface area (Å²) in [6, 6.07) is -0.637. The largest absolute Gasteiger partial charge is 0.330 e. The first-order valence-electron chi connectivity index (χ1n) is 5.55. The van der Waals surface area contributed by atoms with Crippen LogP contribution in [0.1, 0.15) is 33.6 Å². The van der Waals surface area contributed by atoms with Gasteiger partial charge in [-0.1, -0.05) is 27.2 Å². The quantitative estimate of drug-likeness (QED) is 0.734. The Morgan fingerprint density at radius 3 is 2.31 bits per heavy atom. The molecule has 1 fully saturated rings. The van der Waals surface area contributed by atoms with Gasteiger partial charge in [-0.05, 0) is 12.3 Å². The molecule has 90 valence electrons. The number of carbonyl (C=O) groups is 3. The fourth-order valence-electron chi connectivity index (χ4n) is 2.22. The third-order valence-corrected chi connectivity index (χ3v) is 3.63. The Kier molecular flexibility index (Phi) is 3.35. The normalized spacial score (nSPS) is 28.0. The smallest absolute Gasteiger partial charge is 0.277 e. The van der Waals surface area contributed by atoms with Crippen LogP contribution in [0.4, 0.5) is 4.79 Å². The van der Waals surface area contributed by atoms with E-state index in [0.717, 1.165) is 11.3 Å². The maximum atomic E-state index is 12.1. The molecule has 1 aliphatic rings. The van der Waals surface area contributed by atoms with Crippen molar-refractivity contribution in [3.8, 4) is 0 Å². The molecule has 4 amide bonds. The summed E-state index contributed by atoms with van der Waals surface area (Å²) in [6.45, 7) is 5.59. The molecule has 0 bridgehead atoms. The molecule has 0 radical (unpaired) electrons. The van der Waals surface area contributed by atoms with Gasteiger partial charge in [0.2, 0.25) is 11.8 Å². The average Bonchev–Trinajstić information content (AvgIpc) is 2.27. The number of hydrogen-bond acceptors (Lipinski definition) is 3. The van der Waals surface area contributed by atoms with Crippen LogP contribution in [-0.2, 0) is 9.59 Å². The number of nitrogens with zero attached hydrogens (tertiary/aromatic N) is 1. The second kappa shape index (κ2) is 4.23. The molecular formula is C11H18N2O3. The molecule has 1 saturated heterocycles. The van der Waals surface area contributed by atoms with Crippen molar-refractivity contribution in [1.29, 1.82) is 0 Å². The molecule has 5 heteroatoms. The summed E-state index contributed by atoms with van der Waals surface area (Å²) in [5.74, 6) is -0.934. The highest BCUT2D eigenvalue weighted by Gasteiger charge is 2.54. The molecule has 0 aliphatic carbocycles. The molecule has 2 atom stereocenters. The van der Waals surface area contributed by atoms with Gasteiger partial charge in [-0.25, -0.2) is 4.79 Å². The first-order chi connectivity index (χ1) is 7.41. The highest BCUT2D eigenvalue weighted by atomic mass is 16.2. The zero-order chi connectivity index (χ0) is 12.5. The van der Waals surface area contributed by atoms with Gasteiger partial charge in [-0.15, -0.1) is 0 Å². The number of imide groups is 2. The average molecular weight is 226 g/mol. The zero-order valence-corrected chi connectivity index (χ0v) is 10.2. The van der Waals surface area contributed by atoms with E-state index in [1.807, 2.05) is 13.8 Å². The maximum absolute atomic E-state index is 12.1. The van der Waals surface area contributed by atoms with Crippen molar-refractivity contribution in [1.82, 2.24) is 10.2 Å². The van der Waals surface area contributed by atoms with E-state index >= 15 is 0 Å². The standard InChI is InChI=1S/C11H18N2O3/c1-5-7(3)11(6-2)8(14)12-10(16)13(4)9(11)15/h7H,5-6H2,1-4H3,(H,12,14,16)/t7-,11+/m1/s1. The van der Waals surface area contributed by atoms with Crippen molar-refractivity contribution in [3.05, 3.63) is 0 Å². The van der Waals surface area contributed by atoms with Gasteiger partial charge < -0.3 is 0 Å². The monoisotopic (exact) mass is 226 g/mol. The zero-order valence-electron chi connectivity index (χ0n) is 10.2. The minimum absolute atomic E-state index is 0.0828. The van der Waals surface area contributed by atoms with Crippen LogP contribution in [0.15, 0.2) is 0 Å². The number of hydrogen-bond donors (Lipinski definition) is 1. The summed E-state index contributed by atoms with van der Waals surface area (Å²) in [4.78, 5) is 36.4. The Morgan fingerprint density at radius 1 is 1.31 bits per heavy atom. The van der Waals surface area contributed by atoms with E-state index in [1.165, 1.54) is 7.05 Å². The SMILES string of the molecule is CC[C@@H](C)[C@@]1(CC)C(=O)NC(=O)N(C)C1=O. The molecule has 0 aromatic heterocycles. The first kappa shape index (κ1) is 12.7. The molecule has 1 rings (SSSR count). The molecule has 0 unspecified atom stereocenters. The van der Waals surface area contributed by atoms with E-state index in [1.54, 1.807) is 6.92 Å². The van der Waals surface area contributed by atoms with Gasteiger partial charge in [-0.3, -0.25) is 19.8 Å². The molecule has 0 spiro atoms. The number of nitrogens with one attached hydrogen (secondary N) is 1. The third-order valence-electron chi connectivity index (χ3n) is 3.63. The first-order valence-corrected chi connectivity index (χ1v) is 5.55. The van der Waals surface area contributed by atoms with Crippen molar-refractivity contribution < 1.29 is 14.4 Å². The molecule has 0 saturated carbocycles. The minimum atomic E-state index is -1.09. The van der Waals surface area contributed by atoms with Crippen LogP contribution in [0.2, 0.25) is 0 Å². The summed E-state index contributed by atoms with van der Waals surface area (Å²) < 4.78 is 0. The predicted molar refractivity (Wildman–Crippen MR) is 58.5 cm³/mol. The van der Waals surface area contributed by atoms with Crippen LogP contribution in [0.3, 0.4) is 0 Å². The number of carbonyl (C=O) groups excluding carboxylic acids is 3. The van der Waals surface area contributed by atoms with Gasteiger partial charge in [0.25, 0.3) is 0 Å². The summed E-state index contributed by atoms with van der Waals surface area (Å²) in [6.07, 6.45) is 1.12. The maximum Gasteiger partial charge on any atom is 0.330 e. The van der Waals surface area contributed by atoms with E-state index in [-0.39, 0.29) is 5.92 Å². The van der Waals surface area contributed by atoms with Crippen LogP contribution in [0.25, 0.3) is 0 Å². The van der Waals surface area contributed by atoms with Crippen LogP contribution < -0.4 is 5.32 Å². The topological polar surface area (TPSA) is 66.5 Å². The second-order valence-electron chi connectivity index (χ2n) is 4.26. The van der Waals surface area contributed by atoms with Crippen molar-refractivity contribution in [2.45, 2.75) is 33.6 Å². The molecule has 0 aromatic carbocycles. The molecular weight excluding hydrogens is 208 g/mol. The molecule has 1 aliphatic heterocycles. The van der Waals surface area contributed by atoms with Crippen molar-refractivity contribution in [2.75, 3.05) is 7.05 Å². The lowest BCUT2D eigenvalue weighted by Gasteiger charge is -2.40. The third kappa shape index (κ3) is 1.50. The van der Waals surface area contributed by atoms with Crippen molar-refractivity contribution >= 4 is 17.8 Å².